The Hall–Kier alpha value is -0.770. The van der Waals surface area contributed by atoms with Crippen LogP contribution in [0.3, 0.4) is 0 Å². The van der Waals surface area contributed by atoms with Gasteiger partial charge >= 0.3 is 6.09 Å². The minimum Gasteiger partial charge on any atom is -0.444 e. The molecular weight excluding hydrogens is 471 g/mol. The molecule has 1 amide bonds. The van der Waals surface area contributed by atoms with Crippen LogP contribution in [0.2, 0.25) is 0 Å². The number of aliphatic imine (C=N–C) groups is 1. The van der Waals surface area contributed by atoms with Crippen molar-refractivity contribution in [2.45, 2.75) is 71.5 Å². The Balaban J connectivity index is 0.00000392. The first-order chi connectivity index (χ1) is 12.7. The van der Waals surface area contributed by atoms with Gasteiger partial charge in [0.15, 0.2) is 5.96 Å². The van der Waals surface area contributed by atoms with Crippen LogP contribution >= 0.6 is 24.0 Å². The smallest absolute Gasteiger partial charge is 0.410 e. The summed E-state index contributed by atoms with van der Waals surface area (Å²) in [7, 11) is 0. The molecule has 2 fully saturated rings. The summed E-state index contributed by atoms with van der Waals surface area (Å²) in [5, 5.41) is 6.78. The predicted octanol–water partition coefficient (Wildman–Crippen LogP) is 3.38. The molecule has 28 heavy (non-hydrogen) atoms. The number of hydrogen-bond donors (Lipinski definition) is 2. The van der Waals surface area contributed by atoms with Gasteiger partial charge in [-0.3, -0.25) is 4.99 Å². The van der Waals surface area contributed by atoms with E-state index in [0.717, 1.165) is 64.4 Å². The van der Waals surface area contributed by atoms with Gasteiger partial charge < -0.3 is 25.0 Å². The fraction of sp³-hybridized carbons (Fsp3) is 0.900. The number of nitrogens with zero attached hydrogens (tertiary/aromatic N) is 2. The molecule has 1 atom stereocenters. The molecule has 2 saturated heterocycles. The Kier molecular flexibility index (Phi) is 10.3. The van der Waals surface area contributed by atoms with Crippen LogP contribution in [-0.2, 0) is 9.47 Å². The molecule has 0 bridgehead atoms. The summed E-state index contributed by atoms with van der Waals surface area (Å²) in [6, 6.07) is 0. The maximum absolute atomic E-state index is 12.2. The van der Waals surface area contributed by atoms with Crippen LogP contribution in [-0.4, -0.2) is 67.5 Å². The molecule has 0 aromatic rings. The van der Waals surface area contributed by atoms with Crippen molar-refractivity contribution in [3.63, 3.8) is 0 Å². The molecule has 0 radical (unpaired) electrons. The first-order valence-electron chi connectivity index (χ1n) is 10.3. The molecule has 0 aromatic heterocycles. The summed E-state index contributed by atoms with van der Waals surface area (Å²) in [6.45, 7) is 14.6. The highest BCUT2D eigenvalue weighted by molar-refractivity contribution is 14.0. The maximum Gasteiger partial charge on any atom is 0.410 e. The van der Waals surface area contributed by atoms with Gasteiger partial charge in [0.05, 0.1) is 12.1 Å². The highest BCUT2D eigenvalue weighted by atomic mass is 127. The van der Waals surface area contributed by atoms with Crippen molar-refractivity contribution < 1.29 is 14.3 Å². The highest BCUT2D eigenvalue weighted by Crippen LogP contribution is 2.25. The quantitative estimate of drug-likeness (QED) is 0.337. The van der Waals surface area contributed by atoms with Gasteiger partial charge in [0.1, 0.15) is 5.60 Å². The third-order valence-corrected chi connectivity index (χ3v) is 5.04. The molecule has 2 aliphatic heterocycles. The Labute approximate surface area is 187 Å². The monoisotopic (exact) mass is 510 g/mol. The van der Waals surface area contributed by atoms with E-state index >= 15 is 0 Å². The number of carbonyl (C=O) groups excluding carboxylic acids is 1. The molecule has 7 nitrogen and oxygen atoms in total. The van der Waals surface area contributed by atoms with Crippen molar-refractivity contribution in [1.29, 1.82) is 0 Å². The number of amides is 1. The van der Waals surface area contributed by atoms with Crippen LogP contribution in [0.5, 0.6) is 0 Å². The second-order valence-electron chi connectivity index (χ2n) is 8.89. The summed E-state index contributed by atoms with van der Waals surface area (Å²) in [5.41, 5.74) is -0.562. The molecule has 164 valence electrons. The fourth-order valence-electron chi connectivity index (χ4n) is 3.44. The van der Waals surface area contributed by atoms with Crippen molar-refractivity contribution in [1.82, 2.24) is 15.5 Å². The molecule has 2 heterocycles. The standard InChI is InChI=1S/C20H38N4O3.HI/c1-6-21-17(23-15-20(5)10-7-13-26-20)22-14-16-8-11-24(12-9-16)18(25)27-19(2,3)4;/h16H,6-15H2,1-5H3,(H2,21,22,23);1H. The molecule has 2 aliphatic rings. The van der Waals surface area contributed by atoms with Crippen LogP contribution in [0.25, 0.3) is 0 Å². The minimum absolute atomic E-state index is 0. The summed E-state index contributed by atoms with van der Waals surface area (Å²) in [4.78, 5) is 18.7. The Morgan fingerprint density at radius 1 is 1.29 bits per heavy atom. The van der Waals surface area contributed by atoms with Crippen LogP contribution in [0.4, 0.5) is 4.79 Å². The first-order valence-corrected chi connectivity index (χ1v) is 10.3. The van der Waals surface area contributed by atoms with E-state index < -0.39 is 5.60 Å². The normalized spacial score (nSPS) is 23.9. The second-order valence-corrected chi connectivity index (χ2v) is 8.89. The topological polar surface area (TPSA) is 75.2 Å². The molecule has 0 aromatic carbocycles. The molecule has 0 saturated carbocycles. The average molecular weight is 510 g/mol. The number of piperidine rings is 1. The molecule has 8 heteroatoms. The van der Waals surface area contributed by atoms with E-state index in [9.17, 15) is 4.79 Å². The van der Waals surface area contributed by atoms with Crippen molar-refractivity contribution in [2.75, 3.05) is 39.3 Å². The third kappa shape index (κ3) is 8.71. The Morgan fingerprint density at radius 3 is 2.50 bits per heavy atom. The minimum atomic E-state index is -0.438. The molecule has 0 spiro atoms. The zero-order valence-corrected chi connectivity index (χ0v) is 20.5. The molecule has 2 N–H and O–H groups in total. The molecular formula is C20H39IN4O3. The Bertz CT molecular complexity index is 508. The van der Waals surface area contributed by atoms with Gasteiger partial charge in [-0.15, -0.1) is 24.0 Å². The summed E-state index contributed by atoms with van der Waals surface area (Å²) >= 11 is 0. The highest BCUT2D eigenvalue weighted by Gasteiger charge is 2.30. The number of halogens is 1. The summed E-state index contributed by atoms with van der Waals surface area (Å²) < 4.78 is 11.3. The van der Waals surface area contributed by atoms with Gasteiger partial charge in [-0.2, -0.15) is 0 Å². The van der Waals surface area contributed by atoms with Gasteiger partial charge in [0, 0.05) is 32.8 Å². The van der Waals surface area contributed by atoms with Crippen LogP contribution in [0, 0.1) is 5.92 Å². The lowest BCUT2D eigenvalue weighted by Gasteiger charge is -2.33. The van der Waals surface area contributed by atoms with E-state index in [0.29, 0.717) is 12.5 Å². The van der Waals surface area contributed by atoms with Gasteiger partial charge in [-0.05, 0) is 66.2 Å². The lowest BCUT2D eigenvalue weighted by molar-refractivity contribution is 0.0185. The number of likely N-dealkylation sites (tertiary alicyclic amines) is 1. The van der Waals surface area contributed by atoms with Crippen molar-refractivity contribution in [3.8, 4) is 0 Å². The Morgan fingerprint density at radius 2 is 1.96 bits per heavy atom. The van der Waals surface area contributed by atoms with Gasteiger partial charge in [0.2, 0.25) is 0 Å². The maximum atomic E-state index is 12.2. The zero-order chi connectivity index (χ0) is 19.9. The van der Waals surface area contributed by atoms with Crippen molar-refractivity contribution >= 4 is 36.0 Å². The van der Waals surface area contributed by atoms with Gasteiger partial charge in [0.25, 0.3) is 0 Å². The predicted molar refractivity (Wildman–Crippen MR) is 124 cm³/mol. The first kappa shape index (κ1) is 25.3. The van der Waals surface area contributed by atoms with Gasteiger partial charge in [-0.25, -0.2) is 4.79 Å². The number of nitrogens with one attached hydrogen (secondary N) is 2. The van der Waals surface area contributed by atoms with Crippen molar-refractivity contribution in [3.05, 3.63) is 0 Å². The third-order valence-electron chi connectivity index (χ3n) is 5.04. The van der Waals surface area contributed by atoms with E-state index in [2.05, 4.69) is 24.5 Å². The van der Waals surface area contributed by atoms with E-state index in [1.807, 2.05) is 25.7 Å². The average Bonchev–Trinajstić information content (AvgIpc) is 3.03. The van der Waals surface area contributed by atoms with E-state index in [4.69, 9.17) is 14.5 Å². The van der Waals surface area contributed by atoms with Crippen molar-refractivity contribution in [2.24, 2.45) is 10.9 Å². The number of carbonyl (C=O) groups is 1. The van der Waals surface area contributed by atoms with Crippen LogP contribution in [0.1, 0.15) is 60.3 Å². The van der Waals surface area contributed by atoms with Crippen LogP contribution in [0.15, 0.2) is 4.99 Å². The number of rotatable bonds is 5. The van der Waals surface area contributed by atoms with Gasteiger partial charge in [-0.1, -0.05) is 0 Å². The summed E-state index contributed by atoms with van der Waals surface area (Å²) in [5.74, 6) is 1.38. The van der Waals surface area contributed by atoms with Crippen LogP contribution < -0.4 is 10.6 Å². The number of guanidine groups is 1. The fourth-order valence-corrected chi connectivity index (χ4v) is 3.44. The number of ether oxygens (including phenoxy) is 2. The molecule has 2 rings (SSSR count). The number of hydrogen-bond acceptors (Lipinski definition) is 4. The lowest BCUT2D eigenvalue weighted by Crippen LogP contribution is -2.45. The summed E-state index contributed by atoms with van der Waals surface area (Å²) in [6.07, 6.45) is 3.94. The SMILES string of the molecule is CCNC(=NCC1(C)CCCO1)NCC1CCN(C(=O)OC(C)(C)C)CC1.I. The second kappa shape index (κ2) is 11.4. The lowest BCUT2D eigenvalue weighted by atomic mass is 9.97. The van der Waals surface area contributed by atoms with E-state index in [1.54, 1.807) is 0 Å². The molecule has 1 unspecified atom stereocenters. The zero-order valence-electron chi connectivity index (χ0n) is 18.2. The van der Waals surface area contributed by atoms with E-state index in [1.165, 1.54) is 0 Å². The largest absolute Gasteiger partial charge is 0.444 e. The molecule has 0 aliphatic carbocycles. The van der Waals surface area contributed by atoms with E-state index in [-0.39, 0.29) is 35.7 Å².